The molecule has 0 saturated heterocycles. The maximum Gasteiger partial charge on any atom is 0.435 e. The number of hydrogen-bond acceptors (Lipinski definition) is 0. The van der Waals surface area contributed by atoms with Crippen LogP contribution in [0.2, 0.25) is 0 Å². The van der Waals surface area contributed by atoms with Crippen LogP contribution in [-0.2, 0) is 12.1 Å². The minimum Gasteiger partial charge on any atom is -0.218 e. The molecule has 0 aliphatic rings. The molecule has 1 rings (SSSR count). The zero-order valence-electron chi connectivity index (χ0n) is 10.8. The van der Waals surface area contributed by atoms with Gasteiger partial charge in [-0.3, -0.25) is 0 Å². The summed E-state index contributed by atoms with van der Waals surface area (Å²) in [6.45, 7) is 3.05. The zero-order valence-corrected chi connectivity index (χ0v) is 10.8. The van der Waals surface area contributed by atoms with E-state index in [-0.39, 0.29) is 17.5 Å². The van der Waals surface area contributed by atoms with Crippen molar-refractivity contribution in [2.45, 2.75) is 44.7 Å². The van der Waals surface area contributed by atoms with Crippen LogP contribution in [0.25, 0.3) is 0 Å². The molecular weight excluding hydrogens is 289 g/mol. The highest BCUT2D eigenvalue weighted by Crippen LogP contribution is 2.53. The lowest BCUT2D eigenvalue weighted by Gasteiger charge is -2.30. The predicted molar refractivity (Wildman–Crippen MR) is 60.1 cm³/mol. The number of aryl methyl sites for hydroxylation is 2. The zero-order chi connectivity index (χ0) is 15.8. The smallest absolute Gasteiger partial charge is 0.218 e. The van der Waals surface area contributed by atoms with Crippen LogP contribution in [0.3, 0.4) is 0 Å². The van der Waals surface area contributed by atoms with E-state index in [1.165, 1.54) is 13.0 Å². The Hall–Kier alpha value is -1.27. The third kappa shape index (κ3) is 2.91. The highest BCUT2D eigenvalue weighted by Gasteiger charge is 2.73. The molecule has 0 aromatic heterocycles. The van der Waals surface area contributed by atoms with E-state index in [1.807, 2.05) is 0 Å². The van der Waals surface area contributed by atoms with E-state index in [0.717, 1.165) is 0 Å². The Labute approximate surface area is 111 Å². The third-order valence-electron chi connectivity index (χ3n) is 2.85. The Morgan fingerprint density at radius 1 is 0.850 bits per heavy atom. The summed E-state index contributed by atoms with van der Waals surface area (Å²) < 4.78 is 89.7. The van der Waals surface area contributed by atoms with Gasteiger partial charge in [0.1, 0.15) is 0 Å². The van der Waals surface area contributed by atoms with Gasteiger partial charge in [0.15, 0.2) is 0 Å². The molecule has 114 valence electrons. The highest BCUT2D eigenvalue weighted by molar-refractivity contribution is 5.35. The summed E-state index contributed by atoms with van der Waals surface area (Å²) in [4.78, 5) is 0. The molecule has 0 nitrogen and oxygen atoms in total. The first-order valence-corrected chi connectivity index (χ1v) is 5.87. The van der Waals surface area contributed by atoms with Crippen molar-refractivity contribution in [3.63, 3.8) is 0 Å². The van der Waals surface area contributed by atoms with Crippen LogP contribution in [0, 0.1) is 6.92 Å². The lowest BCUT2D eigenvalue weighted by Crippen LogP contribution is -2.50. The van der Waals surface area contributed by atoms with Crippen molar-refractivity contribution in [2.75, 3.05) is 0 Å². The fourth-order valence-electron chi connectivity index (χ4n) is 1.98. The molecule has 0 aliphatic heterocycles. The van der Waals surface area contributed by atoms with E-state index in [1.54, 1.807) is 6.92 Å². The molecule has 0 spiro atoms. The fraction of sp³-hybridized carbons (Fsp3) is 0.538. The van der Waals surface area contributed by atoms with Gasteiger partial charge in [-0.05, 0) is 18.9 Å². The Morgan fingerprint density at radius 2 is 1.35 bits per heavy atom. The van der Waals surface area contributed by atoms with Crippen molar-refractivity contribution in [2.24, 2.45) is 0 Å². The summed E-state index contributed by atoms with van der Waals surface area (Å²) in [7, 11) is 0. The molecule has 0 atom stereocenters. The second-order valence-corrected chi connectivity index (χ2v) is 4.61. The van der Waals surface area contributed by atoms with Crippen LogP contribution in [-0.4, -0.2) is 12.4 Å². The first-order valence-electron chi connectivity index (χ1n) is 5.87. The molecule has 0 amide bonds. The molecule has 0 saturated carbocycles. The van der Waals surface area contributed by atoms with Crippen LogP contribution in [0.4, 0.5) is 30.7 Å². The molecule has 0 aliphatic carbocycles. The molecule has 0 fully saturated rings. The molecule has 0 heterocycles. The summed E-state index contributed by atoms with van der Waals surface area (Å²) in [5, 5.41) is 0. The van der Waals surface area contributed by atoms with E-state index in [4.69, 9.17) is 0 Å². The third-order valence-corrected chi connectivity index (χ3v) is 2.85. The molecule has 0 bridgehead atoms. The van der Waals surface area contributed by atoms with Gasteiger partial charge in [-0.2, -0.15) is 26.3 Å². The fourth-order valence-corrected chi connectivity index (χ4v) is 1.98. The van der Waals surface area contributed by atoms with Gasteiger partial charge in [0.05, 0.1) is 0 Å². The number of benzene rings is 1. The van der Waals surface area contributed by atoms with Gasteiger partial charge in [0, 0.05) is 5.56 Å². The Morgan fingerprint density at radius 3 is 1.75 bits per heavy atom. The Bertz CT molecular complexity index is 457. The molecule has 0 unspecified atom stereocenters. The molecule has 0 radical (unpaired) electrons. The highest BCUT2D eigenvalue weighted by atomic mass is 19.4. The van der Waals surface area contributed by atoms with E-state index in [0.29, 0.717) is 18.6 Å². The van der Waals surface area contributed by atoms with Gasteiger partial charge in [0.25, 0.3) is 0 Å². The second kappa shape index (κ2) is 5.26. The van der Waals surface area contributed by atoms with E-state index in [9.17, 15) is 30.7 Å². The van der Waals surface area contributed by atoms with E-state index < -0.39 is 23.6 Å². The van der Waals surface area contributed by atoms with Crippen molar-refractivity contribution in [1.29, 1.82) is 0 Å². The van der Waals surface area contributed by atoms with E-state index >= 15 is 0 Å². The minimum atomic E-state index is -6.07. The number of rotatable bonds is 3. The topological polar surface area (TPSA) is 0 Å². The van der Waals surface area contributed by atoms with Gasteiger partial charge in [-0.1, -0.05) is 37.1 Å². The second-order valence-electron chi connectivity index (χ2n) is 4.61. The number of halogens is 7. The number of hydrogen-bond donors (Lipinski definition) is 0. The standard InChI is InChI=1S/C13H13F7/c1-3-4-9-5-8(2)6-10(7-9)11(14,12(15,16)17)13(18,19)20/h5-7H,3-4H2,1-2H3. The van der Waals surface area contributed by atoms with Gasteiger partial charge in [-0.15, -0.1) is 0 Å². The van der Waals surface area contributed by atoms with Crippen molar-refractivity contribution < 1.29 is 30.7 Å². The average molecular weight is 302 g/mol. The predicted octanol–water partition coefficient (Wildman–Crippen LogP) is 5.24. The lowest BCUT2D eigenvalue weighted by atomic mass is 9.90. The summed E-state index contributed by atoms with van der Waals surface area (Å²) in [5.41, 5.74) is -6.37. The quantitative estimate of drug-likeness (QED) is 0.670. The SMILES string of the molecule is CCCc1cc(C)cc(C(F)(C(F)(F)F)C(F)(F)F)c1. The van der Waals surface area contributed by atoms with E-state index in [2.05, 4.69) is 0 Å². The normalized spacial score (nSPS) is 13.7. The van der Waals surface area contributed by atoms with Crippen LogP contribution < -0.4 is 0 Å². The first kappa shape index (κ1) is 16.8. The molecule has 20 heavy (non-hydrogen) atoms. The largest absolute Gasteiger partial charge is 0.435 e. The van der Waals surface area contributed by atoms with Crippen LogP contribution in [0.15, 0.2) is 18.2 Å². The first-order chi connectivity index (χ1) is 8.93. The molecular formula is C13H13F7. The van der Waals surface area contributed by atoms with Gasteiger partial charge in [-0.25, -0.2) is 4.39 Å². The van der Waals surface area contributed by atoms with Gasteiger partial charge in [0.2, 0.25) is 0 Å². The van der Waals surface area contributed by atoms with Crippen molar-refractivity contribution in [3.8, 4) is 0 Å². The summed E-state index contributed by atoms with van der Waals surface area (Å²) in [6.07, 6.45) is -11.3. The summed E-state index contributed by atoms with van der Waals surface area (Å²) in [5.74, 6) is 0. The molecule has 1 aromatic rings. The van der Waals surface area contributed by atoms with Gasteiger partial charge < -0.3 is 0 Å². The van der Waals surface area contributed by atoms with Crippen molar-refractivity contribution >= 4 is 0 Å². The lowest BCUT2D eigenvalue weighted by molar-refractivity contribution is -0.348. The average Bonchev–Trinajstić information content (AvgIpc) is 2.24. The Kier molecular flexibility index (Phi) is 4.41. The molecule has 1 aromatic carbocycles. The van der Waals surface area contributed by atoms with Crippen molar-refractivity contribution in [3.05, 3.63) is 34.9 Å². The molecule has 0 N–H and O–H groups in total. The van der Waals surface area contributed by atoms with Crippen molar-refractivity contribution in [1.82, 2.24) is 0 Å². The van der Waals surface area contributed by atoms with Crippen LogP contribution in [0.1, 0.15) is 30.0 Å². The maximum absolute atomic E-state index is 13.9. The summed E-state index contributed by atoms with van der Waals surface area (Å²) >= 11 is 0. The molecule has 7 heteroatoms. The van der Waals surface area contributed by atoms with Crippen LogP contribution in [0.5, 0.6) is 0 Å². The van der Waals surface area contributed by atoms with Crippen LogP contribution >= 0.6 is 0 Å². The maximum atomic E-state index is 13.9. The minimum absolute atomic E-state index is 0.154. The summed E-state index contributed by atoms with van der Waals surface area (Å²) in [6, 6.07) is 2.66. The Balaban J connectivity index is 3.51. The number of alkyl halides is 7. The monoisotopic (exact) mass is 302 g/mol. The van der Waals surface area contributed by atoms with Gasteiger partial charge >= 0.3 is 18.0 Å².